The highest BCUT2D eigenvalue weighted by molar-refractivity contribution is 5.54. The van der Waals surface area contributed by atoms with Crippen molar-refractivity contribution in [3.63, 3.8) is 0 Å². The summed E-state index contributed by atoms with van der Waals surface area (Å²) in [6.07, 6.45) is 0.944. The zero-order chi connectivity index (χ0) is 12.5. The molecule has 0 bridgehead atoms. The molecule has 0 aliphatic carbocycles. The highest BCUT2D eigenvalue weighted by atomic mass is 19.2. The van der Waals surface area contributed by atoms with E-state index in [2.05, 4.69) is 15.5 Å². The predicted molar refractivity (Wildman–Crippen MR) is 59.9 cm³/mol. The molecule has 1 aliphatic heterocycles. The molecule has 0 saturated carbocycles. The number of aromatic nitrogens is 2. The summed E-state index contributed by atoms with van der Waals surface area (Å²) < 4.78 is 31.1. The minimum atomic E-state index is -0.915. The van der Waals surface area contributed by atoms with Gasteiger partial charge in [0.1, 0.15) is 0 Å². The summed E-state index contributed by atoms with van der Waals surface area (Å²) in [6.45, 7) is 1.73. The van der Waals surface area contributed by atoms with Gasteiger partial charge in [-0.1, -0.05) is 5.16 Å². The van der Waals surface area contributed by atoms with Crippen molar-refractivity contribution in [2.24, 2.45) is 0 Å². The lowest BCUT2D eigenvalue weighted by molar-refractivity contribution is 0.359. The highest BCUT2D eigenvalue weighted by Crippen LogP contribution is 2.24. The second-order valence-electron chi connectivity index (χ2n) is 4.27. The van der Waals surface area contributed by atoms with Crippen molar-refractivity contribution < 1.29 is 13.3 Å². The average molecular weight is 251 g/mol. The van der Waals surface area contributed by atoms with E-state index in [-0.39, 0.29) is 11.7 Å². The topological polar surface area (TPSA) is 51.0 Å². The first kappa shape index (κ1) is 11.3. The van der Waals surface area contributed by atoms with Gasteiger partial charge >= 0.3 is 0 Å². The summed E-state index contributed by atoms with van der Waals surface area (Å²) >= 11 is 0. The van der Waals surface area contributed by atoms with E-state index in [1.807, 2.05) is 0 Å². The Hall–Kier alpha value is -1.82. The van der Waals surface area contributed by atoms with E-state index >= 15 is 0 Å². The third-order valence-corrected chi connectivity index (χ3v) is 3.03. The van der Waals surface area contributed by atoms with Gasteiger partial charge < -0.3 is 9.84 Å². The van der Waals surface area contributed by atoms with Crippen molar-refractivity contribution in [3.8, 4) is 11.4 Å². The van der Waals surface area contributed by atoms with Crippen molar-refractivity contribution in [3.05, 3.63) is 35.7 Å². The molecule has 1 unspecified atom stereocenters. The average Bonchev–Trinajstić information content (AvgIpc) is 3.01. The van der Waals surface area contributed by atoms with E-state index in [0.29, 0.717) is 11.5 Å². The fourth-order valence-corrected chi connectivity index (χ4v) is 2.02. The van der Waals surface area contributed by atoms with Gasteiger partial charge in [0.2, 0.25) is 11.7 Å². The van der Waals surface area contributed by atoms with Crippen LogP contribution in [0.4, 0.5) is 8.78 Å². The van der Waals surface area contributed by atoms with Gasteiger partial charge in [-0.3, -0.25) is 0 Å². The Morgan fingerprint density at radius 1 is 1.28 bits per heavy atom. The van der Waals surface area contributed by atoms with E-state index in [1.54, 1.807) is 0 Å². The maximum atomic E-state index is 13.1. The highest BCUT2D eigenvalue weighted by Gasteiger charge is 2.23. The van der Waals surface area contributed by atoms with Gasteiger partial charge in [-0.25, -0.2) is 8.78 Å². The van der Waals surface area contributed by atoms with E-state index in [9.17, 15) is 8.78 Å². The van der Waals surface area contributed by atoms with Gasteiger partial charge in [0.05, 0.1) is 5.92 Å². The molecule has 1 saturated heterocycles. The van der Waals surface area contributed by atoms with Crippen LogP contribution in [-0.2, 0) is 0 Å². The lowest BCUT2D eigenvalue weighted by Crippen LogP contribution is -2.08. The Bertz CT molecular complexity index is 564. The van der Waals surface area contributed by atoms with E-state index in [1.165, 1.54) is 6.07 Å². The van der Waals surface area contributed by atoms with Gasteiger partial charge in [-0.05, 0) is 31.2 Å². The summed E-state index contributed by atoms with van der Waals surface area (Å²) in [7, 11) is 0. The normalized spacial score (nSPS) is 19.3. The first-order valence-corrected chi connectivity index (χ1v) is 5.74. The van der Waals surface area contributed by atoms with Crippen LogP contribution in [0.15, 0.2) is 22.7 Å². The second kappa shape index (κ2) is 4.45. The number of rotatable bonds is 2. The molecule has 1 N–H and O–H groups in total. The molecule has 0 amide bonds. The number of nitrogens with zero attached hydrogens (tertiary/aromatic N) is 2. The largest absolute Gasteiger partial charge is 0.339 e. The molecule has 6 heteroatoms. The summed E-state index contributed by atoms with van der Waals surface area (Å²) in [5.74, 6) is -0.768. The quantitative estimate of drug-likeness (QED) is 0.888. The standard InChI is InChI=1S/C12H11F2N3O/c13-9-2-1-7(5-10(9)14)11-16-12(18-17-11)8-3-4-15-6-8/h1-2,5,8,15H,3-4,6H2. The lowest BCUT2D eigenvalue weighted by Gasteiger charge is -1.98. The van der Waals surface area contributed by atoms with Crippen LogP contribution in [0.2, 0.25) is 0 Å². The number of nitrogens with one attached hydrogen (secondary N) is 1. The van der Waals surface area contributed by atoms with E-state index < -0.39 is 11.6 Å². The molecule has 0 spiro atoms. The maximum absolute atomic E-state index is 13.1. The van der Waals surface area contributed by atoms with Crippen LogP contribution < -0.4 is 5.32 Å². The Morgan fingerprint density at radius 2 is 2.17 bits per heavy atom. The smallest absolute Gasteiger partial charge is 0.231 e. The minimum absolute atomic E-state index is 0.205. The van der Waals surface area contributed by atoms with Crippen molar-refractivity contribution in [2.45, 2.75) is 12.3 Å². The van der Waals surface area contributed by atoms with Gasteiger partial charge in [-0.2, -0.15) is 4.98 Å². The second-order valence-corrected chi connectivity index (χ2v) is 4.27. The SMILES string of the molecule is Fc1ccc(-c2noc(C3CCNC3)n2)cc1F. The van der Waals surface area contributed by atoms with Crippen molar-refractivity contribution in [1.29, 1.82) is 0 Å². The maximum Gasteiger partial charge on any atom is 0.231 e. The van der Waals surface area contributed by atoms with Crippen LogP contribution in [-0.4, -0.2) is 23.2 Å². The van der Waals surface area contributed by atoms with Crippen LogP contribution in [0.3, 0.4) is 0 Å². The Labute approximate surface area is 102 Å². The Morgan fingerprint density at radius 3 is 2.89 bits per heavy atom. The summed E-state index contributed by atoms with van der Waals surface area (Å²) in [5, 5.41) is 7.00. The van der Waals surface area contributed by atoms with Gasteiger partial charge in [0, 0.05) is 12.1 Å². The zero-order valence-electron chi connectivity index (χ0n) is 9.49. The number of hydrogen-bond acceptors (Lipinski definition) is 4. The summed E-state index contributed by atoms with van der Waals surface area (Å²) in [4.78, 5) is 4.23. The molecule has 0 radical (unpaired) electrons. The molecule has 1 aliphatic rings. The summed E-state index contributed by atoms with van der Waals surface area (Å²) in [5.41, 5.74) is 0.412. The van der Waals surface area contributed by atoms with Crippen LogP contribution >= 0.6 is 0 Å². The van der Waals surface area contributed by atoms with E-state index in [0.717, 1.165) is 31.6 Å². The molecule has 18 heavy (non-hydrogen) atoms. The van der Waals surface area contributed by atoms with Crippen molar-refractivity contribution in [1.82, 2.24) is 15.5 Å². The lowest BCUT2D eigenvalue weighted by atomic mass is 10.1. The van der Waals surface area contributed by atoms with E-state index in [4.69, 9.17) is 4.52 Å². The molecule has 4 nitrogen and oxygen atoms in total. The molecular weight excluding hydrogens is 240 g/mol. The fraction of sp³-hybridized carbons (Fsp3) is 0.333. The monoisotopic (exact) mass is 251 g/mol. The summed E-state index contributed by atoms with van der Waals surface area (Å²) in [6, 6.07) is 3.55. The van der Waals surface area contributed by atoms with Crippen LogP contribution in [0.1, 0.15) is 18.2 Å². The third kappa shape index (κ3) is 1.99. The van der Waals surface area contributed by atoms with Gasteiger partial charge in [-0.15, -0.1) is 0 Å². The zero-order valence-corrected chi connectivity index (χ0v) is 9.49. The Balaban J connectivity index is 1.89. The fourth-order valence-electron chi connectivity index (χ4n) is 2.02. The van der Waals surface area contributed by atoms with Gasteiger partial charge in [0.25, 0.3) is 0 Å². The number of benzene rings is 1. The third-order valence-electron chi connectivity index (χ3n) is 3.03. The molecular formula is C12H11F2N3O. The van der Waals surface area contributed by atoms with Crippen molar-refractivity contribution >= 4 is 0 Å². The molecule has 3 rings (SSSR count). The first-order valence-electron chi connectivity index (χ1n) is 5.74. The molecule has 1 aromatic heterocycles. The molecule has 2 heterocycles. The predicted octanol–water partition coefficient (Wildman–Crippen LogP) is 2.09. The van der Waals surface area contributed by atoms with Crippen molar-refractivity contribution in [2.75, 3.05) is 13.1 Å². The minimum Gasteiger partial charge on any atom is -0.339 e. The molecule has 2 aromatic rings. The molecule has 94 valence electrons. The Kier molecular flexibility index (Phi) is 2.79. The molecule has 1 aromatic carbocycles. The molecule has 1 atom stereocenters. The molecule has 1 fully saturated rings. The number of hydrogen-bond donors (Lipinski definition) is 1. The number of halogens is 2. The van der Waals surface area contributed by atoms with Crippen LogP contribution in [0.5, 0.6) is 0 Å². The van der Waals surface area contributed by atoms with Crippen LogP contribution in [0.25, 0.3) is 11.4 Å². The first-order chi connectivity index (χ1) is 8.74. The van der Waals surface area contributed by atoms with Gasteiger partial charge in [0.15, 0.2) is 11.6 Å². The van der Waals surface area contributed by atoms with Crippen LogP contribution in [0, 0.1) is 11.6 Å².